The highest BCUT2D eigenvalue weighted by Gasteiger charge is 2.14. The Bertz CT molecular complexity index is 527. The molecule has 96 valence electrons. The number of hydrogen-bond donors (Lipinski definition) is 0. The Hall–Kier alpha value is -0.650. The van der Waals surface area contributed by atoms with Gasteiger partial charge in [0.15, 0.2) is 0 Å². The van der Waals surface area contributed by atoms with Crippen LogP contribution in [0.4, 0.5) is 0 Å². The maximum absolute atomic E-state index is 6.41. The van der Waals surface area contributed by atoms with Gasteiger partial charge in [-0.2, -0.15) is 0 Å². The molecule has 0 aliphatic carbocycles. The summed E-state index contributed by atoms with van der Waals surface area (Å²) in [6.45, 7) is 2.06. The maximum Gasteiger partial charge on any atom is 0.216 e. The fourth-order valence-electron chi connectivity index (χ4n) is 1.52. The van der Waals surface area contributed by atoms with Crippen LogP contribution in [0.5, 0.6) is 5.88 Å². The van der Waals surface area contributed by atoms with Gasteiger partial charge in [0.2, 0.25) is 5.88 Å². The van der Waals surface area contributed by atoms with Gasteiger partial charge in [0, 0.05) is 23.1 Å². The zero-order chi connectivity index (χ0) is 13.1. The number of aromatic nitrogens is 2. The van der Waals surface area contributed by atoms with E-state index in [0.717, 1.165) is 14.4 Å². The lowest BCUT2D eigenvalue weighted by atomic mass is 10.2. The van der Waals surface area contributed by atoms with Crippen LogP contribution in [0.25, 0.3) is 0 Å². The van der Waals surface area contributed by atoms with E-state index in [1.165, 1.54) is 11.9 Å². The van der Waals surface area contributed by atoms with Crippen molar-refractivity contribution in [3.05, 3.63) is 38.4 Å². The normalized spacial score (nSPS) is 12.4. The van der Waals surface area contributed by atoms with Crippen molar-refractivity contribution in [3.63, 3.8) is 0 Å². The first-order valence-electron chi connectivity index (χ1n) is 5.35. The Morgan fingerprint density at radius 1 is 1.44 bits per heavy atom. The molecule has 2 rings (SSSR count). The standard InChI is InChI=1S/C12H12BrClN2OS/c1-7-3-10(18-12(7)13)9(14)4-8-5-11(17-2)16-6-15-8/h3,5-6,9H,4H2,1-2H3. The number of aryl methyl sites for hydroxylation is 1. The number of methoxy groups -OCH3 is 1. The minimum atomic E-state index is -0.0837. The summed E-state index contributed by atoms with van der Waals surface area (Å²) in [4.78, 5) is 9.31. The van der Waals surface area contributed by atoms with Crippen molar-refractivity contribution in [2.24, 2.45) is 0 Å². The summed E-state index contributed by atoms with van der Waals surface area (Å²) < 4.78 is 6.19. The third-order valence-electron chi connectivity index (χ3n) is 2.48. The van der Waals surface area contributed by atoms with Crippen molar-refractivity contribution in [3.8, 4) is 5.88 Å². The molecule has 2 heterocycles. The molecule has 0 radical (unpaired) electrons. The Morgan fingerprint density at radius 2 is 2.22 bits per heavy atom. The van der Waals surface area contributed by atoms with Gasteiger partial charge < -0.3 is 4.74 Å². The maximum atomic E-state index is 6.41. The van der Waals surface area contributed by atoms with Crippen molar-refractivity contribution >= 4 is 38.9 Å². The molecule has 2 aromatic rings. The average Bonchev–Trinajstić information content (AvgIpc) is 2.70. The van der Waals surface area contributed by atoms with E-state index >= 15 is 0 Å². The molecule has 0 amide bonds. The van der Waals surface area contributed by atoms with E-state index in [0.29, 0.717) is 12.3 Å². The molecular weight excluding hydrogens is 336 g/mol. The third-order valence-corrected chi connectivity index (χ3v) is 5.25. The van der Waals surface area contributed by atoms with Gasteiger partial charge in [0.05, 0.1) is 16.3 Å². The lowest BCUT2D eigenvalue weighted by Gasteiger charge is -2.07. The number of rotatable bonds is 4. The van der Waals surface area contributed by atoms with Gasteiger partial charge in [0.25, 0.3) is 0 Å². The van der Waals surface area contributed by atoms with Crippen LogP contribution in [0.1, 0.15) is 21.5 Å². The van der Waals surface area contributed by atoms with Gasteiger partial charge in [-0.05, 0) is 34.5 Å². The van der Waals surface area contributed by atoms with Crippen molar-refractivity contribution in [2.75, 3.05) is 7.11 Å². The molecular formula is C12H12BrClN2OS. The molecule has 0 N–H and O–H groups in total. The molecule has 0 spiro atoms. The zero-order valence-electron chi connectivity index (χ0n) is 9.98. The van der Waals surface area contributed by atoms with E-state index in [1.807, 2.05) is 6.07 Å². The summed E-state index contributed by atoms with van der Waals surface area (Å²) in [5.41, 5.74) is 2.09. The predicted octanol–water partition coefficient (Wildman–Crippen LogP) is 4.14. The van der Waals surface area contributed by atoms with E-state index in [-0.39, 0.29) is 5.38 Å². The number of thiophene rings is 1. The van der Waals surface area contributed by atoms with Gasteiger partial charge in [0.1, 0.15) is 6.33 Å². The Labute approximate surface area is 123 Å². The summed E-state index contributed by atoms with van der Waals surface area (Å²) in [5, 5.41) is -0.0837. The highest BCUT2D eigenvalue weighted by atomic mass is 79.9. The van der Waals surface area contributed by atoms with E-state index < -0.39 is 0 Å². The largest absolute Gasteiger partial charge is 0.481 e. The van der Waals surface area contributed by atoms with Crippen LogP contribution < -0.4 is 4.74 Å². The lowest BCUT2D eigenvalue weighted by Crippen LogP contribution is -1.98. The monoisotopic (exact) mass is 346 g/mol. The first kappa shape index (κ1) is 13.8. The molecule has 0 saturated heterocycles. The smallest absolute Gasteiger partial charge is 0.216 e. The Kier molecular flexibility index (Phi) is 4.59. The van der Waals surface area contributed by atoms with Crippen molar-refractivity contribution in [1.82, 2.24) is 9.97 Å². The van der Waals surface area contributed by atoms with E-state index in [9.17, 15) is 0 Å². The summed E-state index contributed by atoms with van der Waals surface area (Å²) in [6, 6.07) is 3.91. The van der Waals surface area contributed by atoms with Crippen LogP contribution >= 0.6 is 38.9 Å². The molecule has 1 unspecified atom stereocenters. The molecule has 2 aromatic heterocycles. The molecule has 3 nitrogen and oxygen atoms in total. The molecule has 0 fully saturated rings. The highest BCUT2D eigenvalue weighted by molar-refractivity contribution is 9.11. The third kappa shape index (κ3) is 3.22. The summed E-state index contributed by atoms with van der Waals surface area (Å²) >= 11 is 11.6. The van der Waals surface area contributed by atoms with Gasteiger partial charge in [-0.15, -0.1) is 22.9 Å². The molecule has 6 heteroatoms. The van der Waals surface area contributed by atoms with Crippen LogP contribution in [-0.2, 0) is 6.42 Å². The van der Waals surface area contributed by atoms with Crippen molar-refractivity contribution in [1.29, 1.82) is 0 Å². The lowest BCUT2D eigenvalue weighted by molar-refractivity contribution is 0.396. The van der Waals surface area contributed by atoms with Gasteiger partial charge in [-0.3, -0.25) is 0 Å². The van der Waals surface area contributed by atoms with Crippen LogP contribution in [0, 0.1) is 6.92 Å². The predicted molar refractivity (Wildman–Crippen MR) is 77.6 cm³/mol. The zero-order valence-corrected chi connectivity index (χ0v) is 13.1. The molecule has 18 heavy (non-hydrogen) atoms. The molecule has 0 saturated carbocycles. The minimum Gasteiger partial charge on any atom is -0.481 e. The molecule has 0 aromatic carbocycles. The Morgan fingerprint density at radius 3 is 2.83 bits per heavy atom. The second-order valence-corrected chi connectivity index (χ2v) is 6.76. The molecule has 0 aliphatic heterocycles. The second-order valence-electron chi connectivity index (χ2n) is 3.83. The average molecular weight is 348 g/mol. The number of hydrogen-bond acceptors (Lipinski definition) is 4. The fraction of sp³-hybridized carbons (Fsp3) is 0.333. The second kappa shape index (κ2) is 5.99. The van der Waals surface area contributed by atoms with Gasteiger partial charge in [-0.25, -0.2) is 9.97 Å². The van der Waals surface area contributed by atoms with Crippen LogP contribution in [-0.4, -0.2) is 17.1 Å². The van der Waals surface area contributed by atoms with Gasteiger partial charge >= 0.3 is 0 Å². The fourth-order valence-corrected chi connectivity index (χ4v) is 3.43. The van der Waals surface area contributed by atoms with Gasteiger partial charge in [-0.1, -0.05) is 0 Å². The molecule has 1 atom stereocenters. The molecule has 0 bridgehead atoms. The van der Waals surface area contributed by atoms with Crippen molar-refractivity contribution < 1.29 is 4.74 Å². The van der Waals surface area contributed by atoms with Crippen molar-refractivity contribution in [2.45, 2.75) is 18.7 Å². The first-order chi connectivity index (χ1) is 8.60. The Balaban J connectivity index is 2.13. The quantitative estimate of drug-likeness (QED) is 0.780. The van der Waals surface area contributed by atoms with Crippen LogP contribution in [0.3, 0.4) is 0 Å². The first-order valence-corrected chi connectivity index (χ1v) is 7.39. The SMILES string of the molecule is COc1cc(CC(Cl)c2cc(C)c(Br)s2)ncn1. The van der Waals surface area contributed by atoms with E-state index in [4.69, 9.17) is 16.3 Å². The topological polar surface area (TPSA) is 35.0 Å². The van der Waals surface area contributed by atoms with Crippen LogP contribution in [0.2, 0.25) is 0 Å². The van der Waals surface area contributed by atoms with E-state index in [1.54, 1.807) is 18.4 Å². The minimum absolute atomic E-state index is 0.0837. The summed E-state index contributed by atoms with van der Waals surface area (Å²) in [7, 11) is 1.59. The number of ether oxygens (including phenoxy) is 1. The highest BCUT2D eigenvalue weighted by Crippen LogP contribution is 2.35. The molecule has 0 aliphatic rings. The number of alkyl halides is 1. The summed E-state index contributed by atoms with van der Waals surface area (Å²) in [5.74, 6) is 0.562. The summed E-state index contributed by atoms with van der Waals surface area (Å²) in [6.07, 6.45) is 2.15. The van der Waals surface area contributed by atoms with Crippen LogP contribution in [0.15, 0.2) is 22.2 Å². The number of nitrogens with zero attached hydrogens (tertiary/aromatic N) is 2. The van der Waals surface area contributed by atoms with E-state index in [2.05, 4.69) is 38.9 Å². The number of halogens is 2.